The van der Waals surface area contributed by atoms with Crippen LogP contribution in [0.5, 0.6) is 0 Å². The average molecular weight is 450 g/mol. The van der Waals surface area contributed by atoms with E-state index in [2.05, 4.69) is 0 Å². The molecule has 2 aliphatic rings. The molecular weight excluding hydrogens is 433 g/mol. The number of carbonyl (C=O) groups excluding carboxylic acids is 2. The zero-order chi connectivity index (χ0) is 21.6. The van der Waals surface area contributed by atoms with Crippen LogP contribution in [0, 0.1) is 5.82 Å². The van der Waals surface area contributed by atoms with Crippen molar-refractivity contribution in [2.24, 2.45) is 0 Å². The van der Waals surface area contributed by atoms with Crippen LogP contribution in [0.25, 0.3) is 5.76 Å². The topological polar surface area (TPSA) is 91.8 Å². The Hall–Kier alpha value is -2.71. The summed E-state index contributed by atoms with van der Waals surface area (Å²) < 4.78 is 38.7. The quantitative estimate of drug-likeness (QED) is 0.441. The van der Waals surface area contributed by atoms with Gasteiger partial charge in [0, 0.05) is 22.2 Å². The van der Waals surface area contributed by atoms with Crippen molar-refractivity contribution in [2.45, 2.75) is 18.5 Å². The summed E-state index contributed by atoms with van der Waals surface area (Å²) in [6.07, 6.45) is 0.140. The molecular formula is C21H17ClFNO5S. The predicted molar refractivity (Wildman–Crippen MR) is 109 cm³/mol. The molecule has 0 radical (unpaired) electrons. The molecule has 156 valence electrons. The first-order valence-electron chi connectivity index (χ1n) is 9.20. The van der Waals surface area contributed by atoms with Crippen LogP contribution < -0.4 is 0 Å². The van der Waals surface area contributed by atoms with E-state index in [1.54, 1.807) is 6.07 Å². The number of benzene rings is 2. The molecule has 2 heterocycles. The maximum absolute atomic E-state index is 14.7. The highest BCUT2D eigenvalue weighted by molar-refractivity contribution is 7.91. The van der Waals surface area contributed by atoms with Crippen LogP contribution in [0.15, 0.2) is 54.1 Å². The van der Waals surface area contributed by atoms with Gasteiger partial charge in [-0.1, -0.05) is 29.8 Å². The second-order valence-corrected chi connectivity index (χ2v) is 9.96. The van der Waals surface area contributed by atoms with E-state index < -0.39 is 45.2 Å². The minimum atomic E-state index is -3.38. The van der Waals surface area contributed by atoms with Crippen LogP contribution in [0.4, 0.5) is 4.39 Å². The van der Waals surface area contributed by atoms with E-state index in [1.807, 2.05) is 0 Å². The smallest absolute Gasteiger partial charge is 0.295 e. The molecule has 9 heteroatoms. The fourth-order valence-electron chi connectivity index (χ4n) is 3.99. The number of hydrogen-bond donors (Lipinski definition) is 1. The minimum Gasteiger partial charge on any atom is -0.507 e. The Kier molecular flexibility index (Phi) is 5.15. The molecule has 2 atom stereocenters. The number of carbonyl (C=O) groups is 2. The molecule has 0 unspecified atom stereocenters. The highest BCUT2D eigenvalue weighted by Crippen LogP contribution is 2.43. The maximum Gasteiger partial charge on any atom is 0.295 e. The van der Waals surface area contributed by atoms with Crippen molar-refractivity contribution in [1.29, 1.82) is 0 Å². The molecule has 0 saturated carbocycles. The van der Waals surface area contributed by atoms with E-state index in [4.69, 9.17) is 11.6 Å². The number of ketones is 1. The number of sulfone groups is 1. The summed E-state index contributed by atoms with van der Waals surface area (Å²) in [6, 6.07) is 9.55. The Labute approximate surface area is 177 Å². The van der Waals surface area contributed by atoms with Gasteiger partial charge in [-0.15, -0.1) is 0 Å². The van der Waals surface area contributed by atoms with Gasteiger partial charge in [0.05, 0.1) is 23.1 Å². The molecule has 2 aromatic carbocycles. The monoisotopic (exact) mass is 449 g/mol. The lowest BCUT2D eigenvalue weighted by molar-refractivity contribution is -0.141. The lowest BCUT2D eigenvalue weighted by atomic mass is 9.94. The molecule has 1 N–H and O–H groups in total. The Balaban J connectivity index is 1.91. The summed E-state index contributed by atoms with van der Waals surface area (Å²) in [5.74, 6) is -3.52. The number of halogens is 2. The second kappa shape index (κ2) is 7.52. The standard InChI is InChI=1S/C21H17ClFNO5S/c22-13-7-5-12(6-8-13)19(25)17-18(15-3-1-2-4-16(15)23)24(21(27)20(17)26)14-9-10-30(28,29)11-14/h1-8,14,18,25H,9-11H2/t14-,18-/m0/s1. The molecule has 4 rings (SSSR count). The Morgan fingerprint density at radius 3 is 2.37 bits per heavy atom. The van der Waals surface area contributed by atoms with Gasteiger partial charge in [0.25, 0.3) is 11.7 Å². The first kappa shape index (κ1) is 20.6. The maximum atomic E-state index is 14.7. The van der Waals surface area contributed by atoms with Crippen molar-refractivity contribution in [1.82, 2.24) is 4.90 Å². The Morgan fingerprint density at radius 2 is 1.77 bits per heavy atom. The Bertz CT molecular complexity index is 1180. The normalized spacial score (nSPS) is 25.1. The van der Waals surface area contributed by atoms with E-state index >= 15 is 0 Å². The third kappa shape index (κ3) is 3.50. The molecule has 2 fully saturated rings. The van der Waals surface area contributed by atoms with Gasteiger partial charge in [0.15, 0.2) is 9.84 Å². The van der Waals surface area contributed by atoms with E-state index in [9.17, 15) is 27.5 Å². The van der Waals surface area contributed by atoms with Gasteiger partial charge < -0.3 is 10.0 Å². The van der Waals surface area contributed by atoms with Crippen molar-refractivity contribution >= 4 is 38.9 Å². The summed E-state index contributed by atoms with van der Waals surface area (Å²) in [7, 11) is -3.38. The number of aliphatic hydroxyl groups excluding tert-OH is 1. The fraction of sp³-hybridized carbons (Fsp3) is 0.238. The predicted octanol–water partition coefficient (Wildman–Crippen LogP) is 3.09. The molecule has 2 saturated heterocycles. The van der Waals surface area contributed by atoms with Crippen molar-refractivity contribution in [3.05, 3.63) is 76.1 Å². The largest absolute Gasteiger partial charge is 0.507 e. The molecule has 1 amide bonds. The van der Waals surface area contributed by atoms with Gasteiger partial charge in [-0.3, -0.25) is 9.59 Å². The van der Waals surface area contributed by atoms with Gasteiger partial charge in [-0.2, -0.15) is 0 Å². The number of nitrogens with zero attached hydrogens (tertiary/aromatic N) is 1. The third-order valence-corrected chi connectivity index (χ3v) is 7.40. The number of hydrogen-bond acceptors (Lipinski definition) is 5. The number of likely N-dealkylation sites (tertiary alicyclic amines) is 1. The van der Waals surface area contributed by atoms with Crippen LogP contribution in [0.3, 0.4) is 0 Å². The summed E-state index contributed by atoms with van der Waals surface area (Å²) in [6.45, 7) is 0. The van der Waals surface area contributed by atoms with Crippen LogP contribution in [0.1, 0.15) is 23.6 Å². The van der Waals surface area contributed by atoms with Crippen molar-refractivity contribution < 1.29 is 27.5 Å². The third-order valence-electron chi connectivity index (χ3n) is 5.40. The number of aliphatic hydroxyl groups is 1. The summed E-state index contributed by atoms with van der Waals surface area (Å²) >= 11 is 5.88. The highest BCUT2D eigenvalue weighted by Gasteiger charge is 2.51. The SMILES string of the molecule is O=C1C(=O)N([C@H]2CCS(=O)(=O)C2)[C@@H](c2ccccc2F)C1=C(O)c1ccc(Cl)cc1. The molecule has 30 heavy (non-hydrogen) atoms. The van der Waals surface area contributed by atoms with Gasteiger partial charge in [-0.05, 0) is 36.8 Å². The number of rotatable bonds is 3. The first-order chi connectivity index (χ1) is 14.2. The highest BCUT2D eigenvalue weighted by atomic mass is 35.5. The molecule has 0 aliphatic carbocycles. The summed E-state index contributed by atoms with van der Waals surface area (Å²) in [4.78, 5) is 26.9. The minimum absolute atomic E-state index is 0.0107. The van der Waals surface area contributed by atoms with Gasteiger partial charge in [-0.25, -0.2) is 12.8 Å². The summed E-state index contributed by atoms with van der Waals surface area (Å²) in [5, 5.41) is 11.3. The zero-order valence-corrected chi connectivity index (χ0v) is 17.2. The van der Waals surface area contributed by atoms with Crippen molar-refractivity contribution in [3.8, 4) is 0 Å². The molecule has 2 aromatic rings. The Morgan fingerprint density at radius 1 is 1.10 bits per heavy atom. The first-order valence-corrected chi connectivity index (χ1v) is 11.4. The van der Waals surface area contributed by atoms with E-state index in [0.29, 0.717) is 5.02 Å². The van der Waals surface area contributed by atoms with Gasteiger partial charge in [0.2, 0.25) is 0 Å². The molecule has 0 aromatic heterocycles. The van der Waals surface area contributed by atoms with Crippen LogP contribution in [-0.2, 0) is 19.4 Å². The second-order valence-electron chi connectivity index (χ2n) is 7.29. The lowest BCUT2D eigenvalue weighted by Gasteiger charge is -2.30. The van der Waals surface area contributed by atoms with Crippen LogP contribution in [0.2, 0.25) is 5.02 Å². The van der Waals surface area contributed by atoms with Crippen molar-refractivity contribution in [2.75, 3.05) is 11.5 Å². The molecule has 0 spiro atoms. The summed E-state index contributed by atoms with van der Waals surface area (Å²) in [5.41, 5.74) is -0.0361. The molecule has 0 bridgehead atoms. The van der Waals surface area contributed by atoms with E-state index in [0.717, 1.165) is 4.90 Å². The van der Waals surface area contributed by atoms with Crippen molar-refractivity contribution in [3.63, 3.8) is 0 Å². The van der Waals surface area contributed by atoms with Gasteiger partial charge >= 0.3 is 0 Å². The fourth-order valence-corrected chi connectivity index (χ4v) is 5.82. The molecule has 6 nitrogen and oxygen atoms in total. The zero-order valence-electron chi connectivity index (χ0n) is 15.6. The number of amides is 1. The van der Waals surface area contributed by atoms with Crippen LogP contribution in [-0.4, -0.2) is 47.7 Å². The van der Waals surface area contributed by atoms with Gasteiger partial charge in [0.1, 0.15) is 11.6 Å². The van der Waals surface area contributed by atoms with Crippen LogP contribution >= 0.6 is 11.6 Å². The lowest BCUT2D eigenvalue weighted by Crippen LogP contribution is -2.40. The number of Topliss-reactive ketones (excluding diaryl/α,β-unsaturated/α-hetero) is 1. The average Bonchev–Trinajstić information content (AvgIpc) is 3.19. The molecule has 2 aliphatic heterocycles. The van der Waals surface area contributed by atoms with E-state index in [-0.39, 0.29) is 34.6 Å². The van der Waals surface area contributed by atoms with E-state index in [1.165, 1.54) is 42.5 Å².